The van der Waals surface area contributed by atoms with Gasteiger partial charge in [0.2, 0.25) is 5.75 Å². The number of carbonyl (C=O) groups excluding carboxylic acids is 1. The van der Waals surface area contributed by atoms with E-state index in [0.29, 0.717) is 0 Å². The zero-order valence-corrected chi connectivity index (χ0v) is 13.4. The van der Waals surface area contributed by atoms with Crippen LogP contribution in [0.5, 0.6) is 5.75 Å². The molecule has 1 aromatic carbocycles. The highest BCUT2D eigenvalue weighted by molar-refractivity contribution is 7.88. The summed E-state index contributed by atoms with van der Waals surface area (Å²) in [5.41, 5.74) is -7.07. The molecule has 0 saturated carbocycles. The molecule has 0 saturated heterocycles. The largest absolute Gasteiger partial charge is 0.534 e. The van der Waals surface area contributed by atoms with Crippen LogP contribution in [-0.4, -0.2) is 31.9 Å². The molecule has 8 nitrogen and oxygen atoms in total. The molecular weight excluding hydrogens is 359 g/mol. The first-order valence-corrected chi connectivity index (χ1v) is 7.57. The maximum atomic E-state index is 12.4. The van der Waals surface area contributed by atoms with E-state index in [-0.39, 0.29) is 23.1 Å². The highest BCUT2D eigenvalue weighted by Crippen LogP contribution is 2.39. The average Bonchev–Trinajstić information content (AvgIpc) is 2.42. The van der Waals surface area contributed by atoms with E-state index in [4.69, 9.17) is 0 Å². The smallest absolute Gasteiger partial charge is 0.469 e. The van der Waals surface area contributed by atoms with E-state index < -0.39 is 38.0 Å². The Hall–Kier alpha value is -2.37. The van der Waals surface area contributed by atoms with Crippen molar-refractivity contribution in [3.05, 3.63) is 32.9 Å². The number of halogens is 3. The van der Waals surface area contributed by atoms with Gasteiger partial charge in [-0.2, -0.15) is 21.6 Å². The first kappa shape index (κ1) is 19.7. The number of carbonyl (C=O) groups is 1. The van der Waals surface area contributed by atoms with Crippen molar-refractivity contribution in [3.8, 4) is 5.75 Å². The molecule has 0 unspecified atom stereocenters. The minimum absolute atomic E-state index is 0.0998. The van der Waals surface area contributed by atoms with Crippen molar-refractivity contribution in [2.45, 2.75) is 25.8 Å². The SMILES string of the molecule is COC(=O)Cc1cc(C)c(OS(=O)(=O)C(F)(F)F)c([N+](=O)[O-])c1C. The fourth-order valence-electron chi connectivity index (χ4n) is 1.84. The van der Waals surface area contributed by atoms with E-state index >= 15 is 0 Å². The third-order valence-corrected chi connectivity index (χ3v) is 3.98. The maximum absolute atomic E-state index is 12.4. The Balaban J connectivity index is 3.55. The zero-order chi connectivity index (χ0) is 18.9. The number of hydrogen-bond acceptors (Lipinski definition) is 7. The van der Waals surface area contributed by atoms with Crippen molar-refractivity contribution in [1.82, 2.24) is 0 Å². The van der Waals surface area contributed by atoms with Crippen molar-refractivity contribution in [2.24, 2.45) is 0 Å². The molecule has 0 fully saturated rings. The highest BCUT2D eigenvalue weighted by Gasteiger charge is 2.49. The van der Waals surface area contributed by atoms with Gasteiger partial charge in [0.15, 0.2) is 0 Å². The van der Waals surface area contributed by atoms with Crippen molar-refractivity contribution < 1.29 is 40.2 Å². The Morgan fingerprint density at radius 2 is 1.88 bits per heavy atom. The van der Waals surface area contributed by atoms with Crippen molar-refractivity contribution in [3.63, 3.8) is 0 Å². The predicted octanol–water partition coefficient (Wildman–Crippen LogP) is 2.16. The second-order valence-corrected chi connectivity index (χ2v) is 6.19. The van der Waals surface area contributed by atoms with Crippen LogP contribution in [0.25, 0.3) is 0 Å². The highest BCUT2D eigenvalue weighted by atomic mass is 32.2. The number of alkyl halides is 3. The molecule has 134 valence electrons. The second-order valence-electron chi connectivity index (χ2n) is 4.65. The molecule has 24 heavy (non-hydrogen) atoms. The molecule has 0 radical (unpaired) electrons. The van der Waals surface area contributed by atoms with E-state index in [0.717, 1.165) is 27.0 Å². The number of hydrogen-bond donors (Lipinski definition) is 0. The van der Waals surface area contributed by atoms with Gasteiger partial charge in [-0.05, 0) is 19.4 Å². The minimum Gasteiger partial charge on any atom is -0.469 e. The lowest BCUT2D eigenvalue weighted by molar-refractivity contribution is -0.386. The van der Waals surface area contributed by atoms with Gasteiger partial charge in [-0.1, -0.05) is 6.07 Å². The summed E-state index contributed by atoms with van der Waals surface area (Å²) in [4.78, 5) is 21.4. The van der Waals surface area contributed by atoms with Gasteiger partial charge in [0.1, 0.15) is 0 Å². The number of nitro groups is 1. The summed E-state index contributed by atoms with van der Waals surface area (Å²) in [5.74, 6) is -1.79. The fourth-order valence-corrected chi connectivity index (χ4v) is 2.36. The summed E-state index contributed by atoms with van der Waals surface area (Å²) in [6.07, 6.45) is -0.379. The molecule has 0 aliphatic carbocycles. The van der Waals surface area contributed by atoms with Crippen LogP contribution < -0.4 is 4.18 Å². The maximum Gasteiger partial charge on any atom is 0.534 e. The molecule has 0 amide bonds. The number of nitrogens with zero attached hydrogens (tertiary/aromatic N) is 1. The van der Waals surface area contributed by atoms with E-state index in [1.165, 1.54) is 0 Å². The van der Waals surface area contributed by atoms with Gasteiger partial charge in [0, 0.05) is 11.1 Å². The summed E-state index contributed by atoms with van der Waals surface area (Å²) in [6, 6.07) is 1.13. The average molecular weight is 371 g/mol. The summed E-state index contributed by atoms with van der Waals surface area (Å²) < 4.78 is 67.9. The molecule has 0 aromatic heterocycles. The van der Waals surface area contributed by atoms with E-state index in [1.54, 1.807) is 0 Å². The molecule has 1 rings (SSSR count). The summed E-state index contributed by atoms with van der Waals surface area (Å²) >= 11 is 0. The zero-order valence-electron chi connectivity index (χ0n) is 12.6. The van der Waals surface area contributed by atoms with Crippen LogP contribution in [-0.2, 0) is 26.1 Å². The molecule has 0 bridgehead atoms. The van der Waals surface area contributed by atoms with Crippen LogP contribution in [0.1, 0.15) is 16.7 Å². The summed E-state index contributed by atoms with van der Waals surface area (Å²) in [6.45, 7) is 2.28. The van der Waals surface area contributed by atoms with Gasteiger partial charge in [-0.3, -0.25) is 14.9 Å². The quantitative estimate of drug-likeness (QED) is 0.256. The third-order valence-electron chi connectivity index (χ3n) is 3.02. The van der Waals surface area contributed by atoms with Gasteiger partial charge < -0.3 is 8.92 Å². The third kappa shape index (κ3) is 3.93. The van der Waals surface area contributed by atoms with Crippen molar-refractivity contribution >= 4 is 21.8 Å². The first-order chi connectivity index (χ1) is 10.8. The first-order valence-electron chi connectivity index (χ1n) is 6.16. The fraction of sp³-hybridized carbons (Fsp3) is 0.417. The molecule has 0 aliphatic rings. The van der Waals surface area contributed by atoms with Crippen LogP contribution >= 0.6 is 0 Å². The predicted molar refractivity (Wildman–Crippen MR) is 73.9 cm³/mol. The molecule has 1 aromatic rings. The van der Waals surface area contributed by atoms with Gasteiger partial charge >= 0.3 is 27.3 Å². The van der Waals surface area contributed by atoms with Crippen LogP contribution in [0, 0.1) is 24.0 Å². The molecule has 12 heteroatoms. The lowest BCUT2D eigenvalue weighted by Gasteiger charge is -2.14. The summed E-state index contributed by atoms with van der Waals surface area (Å²) in [5, 5.41) is 11.2. The normalized spacial score (nSPS) is 11.9. The lowest BCUT2D eigenvalue weighted by atomic mass is 10.00. The van der Waals surface area contributed by atoms with Gasteiger partial charge in [0.05, 0.1) is 18.5 Å². The Bertz CT molecular complexity index is 787. The van der Waals surface area contributed by atoms with Gasteiger partial charge in [-0.25, -0.2) is 0 Å². The molecule has 0 spiro atoms. The van der Waals surface area contributed by atoms with Gasteiger partial charge in [-0.15, -0.1) is 0 Å². The monoisotopic (exact) mass is 371 g/mol. The molecule has 0 heterocycles. The Labute approximate surface area is 134 Å². The number of nitro benzene ring substituents is 1. The van der Waals surface area contributed by atoms with Crippen LogP contribution in [0.2, 0.25) is 0 Å². The number of aryl methyl sites for hydroxylation is 1. The molecular formula is C12H12F3NO7S. The minimum atomic E-state index is -6.08. The number of esters is 1. The van der Waals surface area contributed by atoms with Crippen LogP contribution in [0.15, 0.2) is 6.07 Å². The topological polar surface area (TPSA) is 113 Å². The Morgan fingerprint density at radius 1 is 1.33 bits per heavy atom. The second kappa shape index (κ2) is 6.63. The Morgan fingerprint density at radius 3 is 2.29 bits per heavy atom. The van der Waals surface area contributed by atoms with E-state index in [1.807, 2.05) is 0 Å². The van der Waals surface area contributed by atoms with Crippen LogP contribution in [0.3, 0.4) is 0 Å². The number of benzene rings is 1. The van der Waals surface area contributed by atoms with Crippen molar-refractivity contribution in [1.29, 1.82) is 0 Å². The summed E-state index contributed by atoms with van der Waals surface area (Å²) in [7, 11) is -4.99. The molecule has 0 atom stereocenters. The van der Waals surface area contributed by atoms with E-state index in [9.17, 15) is 36.5 Å². The van der Waals surface area contributed by atoms with E-state index in [2.05, 4.69) is 8.92 Å². The number of ether oxygens (including phenoxy) is 1. The number of rotatable bonds is 5. The molecule has 0 aliphatic heterocycles. The Kier molecular flexibility index (Phi) is 5.43. The van der Waals surface area contributed by atoms with Gasteiger partial charge in [0.25, 0.3) is 0 Å². The number of methoxy groups -OCH3 is 1. The lowest BCUT2D eigenvalue weighted by Crippen LogP contribution is -2.28. The van der Waals surface area contributed by atoms with Crippen molar-refractivity contribution in [2.75, 3.05) is 7.11 Å². The molecule has 0 N–H and O–H groups in total. The standard InChI is InChI=1S/C12H12F3NO7S/c1-6-4-8(5-9(17)22-3)7(2)10(16(18)19)11(6)23-24(20,21)12(13,14)15/h4H,5H2,1-3H3. The van der Waals surface area contributed by atoms with Crippen LogP contribution in [0.4, 0.5) is 18.9 Å².